The highest BCUT2D eigenvalue weighted by atomic mass is 35.5. The molecule has 2 aromatic carbocycles. The van der Waals surface area contributed by atoms with Crippen LogP contribution in [0.4, 0.5) is 5.69 Å². The smallest absolute Gasteiger partial charge is 0.143 e. The van der Waals surface area contributed by atoms with Crippen LogP contribution in [-0.2, 0) is 5.54 Å². The summed E-state index contributed by atoms with van der Waals surface area (Å²) in [4.78, 5) is 4.93. The molecule has 0 aromatic heterocycles. The SMILES string of the molecule is CCC1CC(c2ccc(Cl)cc2)(N(C)C)CCC1N(CC)c1ccc(Cl)cc1OC. The van der Waals surface area contributed by atoms with Crippen LogP contribution in [-0.4, -0.2) is 38.7 Å². The minimum Gasteiger partial charge on any atom is -0.495 e. The Morgan fingerprint density at radius 3 is 2.27 bits per heavy atom. The van der Waals surface area contributed by atoms with E-state index in [0.717, 1.165) is 48.7 Å². The molecule has 3 unspecified atom stereocenters. The van der Waals surface area contributed by atoms with Crippen LogP contribution in [0.1, 0.15) is 45.1 Å². The summed E-state index contributed by atoms with van der Waals surface area (Å²) in [7, 11) is 6.14. The first-order chi connectivity index (χ1) is 14.4. The highest BCUT2D eigenvalue weighted by Crippen LogP contribution is 2.47. The van der Waals surface area contributed by atoms with Crippen molar-refractivity contribution in [2.45, 2.75) is 51.1 Å². The van der Waals surface area contributed by atoms with Crippen molar-refractivity contribution in [1.29, 1.82) is 0 Å². The normalized spacial score (nSPS) is 24.1. The summed E-state index contributed by atoms with van der Waals surface area (Å²) >= 11 is 12.4. The molecule has 0 heterocycles. The zero-order chi connectivity index (χ0) is 21.9. The Labute approximate surface area is 191 Å². The van der Waals surface area contributed by atoms with E-state index in [9.17, 15) is 0 Å². The topological polar surface area (TPSA) is 15.7 Å². The number of benzene rings is 2. The first-order valence-corrected chi connectivity index (χ1v) is 11.7. The summed E-state index contributed by atoms with van der Waals surface area (Å²) in [6.07, 6.45) is 4.49. The van der Waals surface area contributed by atoms with Crippen molar-refractivity contribution in [2.75, 3.05) is 32.6 Å². The van der Waals surface area contributed by atoms with E-state index in [4.69, 9.17) is 27.9 Å². The Kier molecular flexibility index (Phi) is 7.60. The van der Waals surface area contributed by atoms with Gasteiger partial charge >= 0.3 is 0 Å². The molecule has 1 fully saturated rings. The molecule has 3 rings (SSSR count). The van der Waals surface area contributed by atoms with Crippen molar-refractivity contribution >= 4 is 28.9 Å². The van der Waals surface area contributed by atoms with Crippen molar-refractivity contribution in [3.8, 4) is 5.75 Å². The molecule has 0 aliphatic heterocycles. The minimum atomic E-state index is 0.0330. The fourth-order valence-electron chi connectivity index (χ4n) is 5.28. The predicted molar refractivity (Wildman–Crippen MR) is 129 cm³/mol. The van der Waals surface area contributed by atoms with Gasteiger partial charge in [0.2, 0.25) is 0 Å². The fraction of sp³-hybridized carbons (Fsp3) is 0.520. The lowest BCUT2D eigenvalue weighted by Crippen LogP contribution is -2.53. The van der Waals surface area contributed by atoms with Gasteiger partial charge < -0.3 is 9.64 Å². The van der Waals surface area contributed by atoms with E-state index in [2.05, 4.69) is 55.9 Å². The molecule has 0 saturated heterocycles. The largest absolute Gasteiger partial charge is 0.495 e. The van der Waals surface area contributed by atoms with Crippen molar-refractivity contribution in [3.63, 3.8) is 0 Å². The second kappa shape index (κ2) is 9.80. The molecule has 0 bridgehead atoms. The molecule has 30 heavy (non-hydrogen) atoms. The van der Waals surface area contributed by atoms with E-state index in [-0.39, 0.29) is 5.54 Å². The minimum absolute atomic E-state index is 0.0330. The highest BCUT2D eigenvalue weighted by molar-refractivity contribution is 6.31. The molecule has 2 aromatic rings. The van der Waals surface area contributed by atoms with Gasteiger partial charge in [-0.3, -0.25) is 4.90 Å². The molecule has 5 heteroatoms. The highest BCUT2D eigenvalue weighted by Gasteiger charge is 2.44. The molecule has 0 radical (unpaired) electrons. The number of rotatable bonds is 7. The predicted octanol–water partition coefficient (Wildman–Crippen LogP) is 6.86. The number of ether oxygens (including phenoxy) is 1. The Morgan fingerprint density at radius 2 is 1.70 bits per heavy atom. The van der Waals surface area contributed by atoms with Gasteiger partial charge in [-0.05, 0) is 76.0 Å². The monoisotopic (exact) mass is 448 g/mol. The van der Waals surface area contributed by atoms with Crippen molar-refractivity contribution in [2.24, 2.45) is 5.92 Å². The molecule has 164 valence electrons. The molecule has 3 nitrogen and oxygen atoms in total. The van der Waals surface area contributed by atoms with E-state index < -0.39 is 0 Å². The number of hydrogen-bond acceptors (Lipinski definition) is 3. The quantitative estimate of drug-likeness (QED) is 0.459. The van der Waals surface area contributed by atoms with E-state index in [1.807, 2.05) is 24.3 Å². The van der Waals surface area contributed by atoms with Gasteiger partial charge in [-0.25, -0.2) is 0 Å². The number of halogens is 2. The average molecular weight is 449 g/mol. The van der Waals surface area contributed by atoms with Crippen LogP contribution in [0, 0.1) is 5.92 Å². The van der Waals surface area contributed by atoms with Gasteiger partial charge in [-0.1, -0.05) is 48.7 Å². The maximum Gasteiger partial charge on any atom is 0.143 e. The van der Waals surface area contributed by atoms with Gasteiger partial charge in [0.1, 0.15) is 5.75 Å². The van der Waals surface area contributed by atoms with Crippen LogP contribution in [0.15, 0.2) is 42.5 Å². The van der Waals surface area contributed by atoms with Crippen LogP contribution in [0.3, 0.4) is 0 Å². The van der Waals surface area contributed by atoms with Crippen molar-refractivity contribution in [3.05, 3.63) is 58.1 Å². The molecule has 1 aliphatic carbocycles. The summed E-state index contributed by atoms with van der Waals surface area (Å²) in [5, 5.41) is 1.50. The Morgan fingerprint density at radius 1 is 1.03 bits per heavy atom. The third-order valence-electron chi connectivity index (χ3n) is 6.95. The molecule has 1 aliphatic rings. The first kappa shape index (κ1) is 23.2. The van der Waals surface area contributed by atoms with Gasteiger partial charge in [0, 0.05) is 34.2 Å². The van der Waals surface area contributed by atoms with E-state index in [1.54, 1.807) is 7.11 Å². The number of hydrogen-bond donors (Lipinski definition) is 0. The van der Waals surface area contributed by atoms with Crippen molar-refractivity contribution < 1.29 is 4.74 Å². The maximum absolute atomic E-state index is 6.22. The summed E-state index contributed by atoms with van der Waals surface area (Å²) < 4.78 is 5.68. The second-order valence-electron chi connectivity index (χ2n) is 8.51. The van der Waals surface area contributed by atoms with Crippen LogP contribution in [0.25, 0.3) is 0 Å². The number of methoxy groups -OCH3 is 1. The van der Waals surface area contributed by atoms with Gasteiger partial charge in [0.25, 0.3) is 0 Å². The molecular formula is C25H34Cl2N2O. The van der Waals surface area contributed by atoms with E-state index in [0.29, 0.717) is 17.0 Å². The van der Waals surface area contributed by atoms with E-state index >= 15 is 0 Å². The van der Waals surface area contributed by atoms with Crippen LogP contribution < -0.4 is 9.64 Å². The summed E-state index contributed by atoms with van der Waals surface area (Å²) in [6.45, 7) is 5.49. The van der Waals surface area contributed by atoms with Gasteiger partial charge in [-0.2, -0.15) is 0 Å². The Bertz CT molecular complexity index is 840. The summed E-state index contributed by atoms with van der Waals surface area (Å²) in [5.41, 5.74) is 2.53. The third kappa shape index (κ3) is 4.44. The van der Waals surface area contributed by atoms with Gasteiger partial charge in [0.05, 0.1) is 12.8 Å². The van der Waals surface area contributed by atoms with Crippen LogP contribution >= 0.6 is 23.2 Å². The summed E-state index contributed by atoms with van der Waals surface area (Å²) in [5.74, 6) is 1.42. The maximum atomic E-state index is 6.22. The standard InChI is InChI=1S/C25H34Cl2N2O/c1-6-18-17-25(28(3)4,19-8-10-20(26)11-9-19)15-14-22(18)29(7-2)23-13-12-21(27)16-24(23)30-5/h8-13,16,18,22H,6-7,14-15,17H2,1-5H3. The van der Waals surface area contributed by atoms with Gasteiger partial charge in [0.15, 0.2) is 0 Å². The third-order valence-corrected chi connectivity index (χ3v) is 7.44. The fourth-order valence-corrected chi connectivity index (χ4v) is 5.57. The lowest BCUT2D eigenvalue weighted by atomic mass is 9.67. The van der Waals surface area contributed by atoms with E-state index in [1.165, 1.54) is 5.56 Å². The van der Waals surface area contributed by atoms with Crippen molar-refractivity contribution in [1.82, 2.24) is 4.90 Å². The number of nitrogens with zero attached hydrogens (tertiary/aromatic N) is 2. The number of anilines is 1. The zero-order valence-corrected chi connectivity index (χ0v) is 20.3. The zero-order valence-electron chi connectivity index (χ0n) is 18.8. The second-order valence-corrected chi connectivity index (χ2v) is 9.39. The van der Waals surface area contributed by atoms with Gasteiger partial charge in [-0.15, -0.1) is 0 Å². The molecule has 0 N–H and O–H groups in total. The summed E-state index contributed by atoms with van der Waals surface area (Å²) in [6, 6.07) is 14.9. The van der Waals surface area contributed by atoms with Crippen LogP contribution in [0.5, 0.6) is 5.75 Å². The molecular weight excluding hydrogens is 415 g/mol. The first-order valence-electron chi connectivity index (χ1n) is 10.9. The average Bonchev–Trinajstić information content (AvgIpc) is 2.75. The van der Waals surface area contributed by atoms with Crippen LogP contribution in [0.2, 0.25) is 10.0 Å². The Hall–Kier alpha value is -1.42. The molecule has 3 atom stereocenters. The Balaban J connectivity index is 1.95. The lowest BCUT2D eigenvalue weighted by molar-refractivity contribution is 0.0555. The molecule has 0 amide bonds. The molecule has 1 saturated carbocycles. The lowest BCUT2D eigenvalue weighted by Gasteiger charge is -2.52. The molecule has 0 spiro atoms.